The number of hydrogen-bond donors (Lipinski definition) is 1. The molecule has 0 amide bonds. The van der Waals surface area contributed by atoms with Gasteiger partial charge in [0.1, 0.15) is 5.82 Å². The van der Waals surface area contributed by atoms with Crippen molar-refractivity contribution in [3.8, 4) is 11.4 Å². The average molecular weight is 343 g/mol. The van der Waals surface area contributed by atoms with Crippen LogP contribution in [0.1, 0.15) is 0 Å². The molecule has 1 heterocycles. The minimum absolute atomic E-state index is 0.0167. The van der Waals surface area contributed by atoms with Crippen molar-refractivity contribution in [2.45, 2.75) is 0 Å². The van der Waals surface area contributed by atoms with Gasteiger partial charge < -0.3 is 5.73 Å². The SMILES string of the molecule is Nc1nc(-c2cccc(Cl)c2F)nc2c(Cl)cc(Cl)cc12. The molecule has 0 fully saturated rings. The molecule has 0 radical (unpaired) electrons. The second-order valence-corrected chi connectivity index (χ2v) is 5.57. The lowest BCUT2D eigenvalue weighted by Gasteiger charge is -2.08. The highest BCUT2D eigenvalue weighted by Gasteiger charge is 2.15. The molecule has 0 atom stereocenters. The third kappa shape index (κ3) is 2.50. The largest absolute Gasteiger partial charge is 0.383 e. The van der Waals surface area contributed by atoms with Gasteiger partial charge in [-0.15, -0.1) is 0 Å². The Balaban J connectivity index is 2.33. The lowest BCUT2D eigenvalue weighted by molar-refractivity contribution is 0.630. The molecule has 3 aromatic rings. The van der Waals surface area contributed by atoms with Crippen LogP contribution >= 0.6 is 34.8 Å². The number of benzene rings is 2. The molecule has 0 aliphatic rings. The molecular weight excluding hydrogens is 336 g/mol. The molecule has 3 rings (SSSR count). The third-order valence-corrected chi connectivity index (χ3v) is 3.74. The zero-order chi connectivity index (χ0) is 15.1. The topological polar surface area (TPSA) is 51.8 Å². The van der Waals surface area contributed by atoms with Crippen molar-refractivity contribution in [1.29, 1.82) is 0 Å². The number of nitrogens with two attached hydrogens (primary N) is 1. The Kier molecular flexibility index (Phi) is 3.61. The van der Waals surface area contributed by atoms with Gasteiger partial charge in [-0.1, -0.05) is 40.9 Å². The van der Waals surface area contributed by atoms with Crippen molar-refractivity contribution < 1.29 is 4.39 Å². The smallest absolute Gasteiger partial charge is 0.165 e. The van der Waals surface area contributed by atoms with Crippen LogP contribution in [0, 0.1) is 5.82 Å². The predicted molar refractivity (Wildman–Crippen MR) is 84.4 cm³/mol. The maximum absolute atomic E-state index is 14.1. The van der Waals surface area contributed by atoms with Crippen LogP contribution < -0.4 is 5.73 Å². The van der Waals surface area contributed by atoms with E-state index >= 15 is 0 Å². The molecule has 0 unspecified atom stereocenters. The summed E-state index contributed by atoms with van der Waals surface area (Å²) in [6.07, 6.45) is 0. The number of halogens is 4. The Morgan fingerprint density at radius 1 is 1.00 bits per heavy atom. The number of hydrogen-bond acceptors (Lipinski definition) is 3. The maximum atomic E-state index is 14.1. The zero-order valence-electron chi connectivity index (χ0n) is 10.4. The summed E-state index contributed by atoms with van der Waals surface area (Å²) in [7, 11) is 0. The van der Waals surface area contributed by atoms with Crippen LogP contribution in [0.25, 0.3) is 22.3 Å². The molecule has 2 aromatic carbocycles. The van der Waals surface area contributed by atoms with E-state index in [4.69, 9.17) is 40.5 Å². The number of anilines is 1. The van der Waals surface area contributed by atoms with Crippen LogP contribution in [-0.2, 0) is 0 Å². The van der Waals surface area contributed by atoms with Gasteiger partial charge in [0.2, 0.25) is 0 Å². The fourth-order valence-corrected chi connectivity index (χ4v) is 2.69. The van der Waals surface area contributed by atoms with E-state index in [-0.39, 0.29) is 22.2 Å². The fraction of sp³-hybridized carbons (Fsp3) is 0. The minimum atomic E-state index is -0.608. The third-order valence-electron chi connectivity index (χ3n) is 2.94. The van der Waals surface area contributed by atoms with Gasteiger partial charge in [-0.25, -0.2) is 14.4 Å². The van der Waals surface area contributed by atoms with Gasteiger partial charge in [0.15, 0.2) is 11.6 Å². The highest BCUT2D eigenvalue weighted by molar-refractivity contribution is 6.38. The van der Waals surface area contributed by atoms with E-state index in [0.29, 0.717) is 20.9 Å². The molecule has 7 heteroatoms. The van der Waals surface area contributed by atoms with Crippen molar-refractivity contribution in [1.82, 2.24) is 9.97 Å². The molecule has 21 heavy (non-hydrogen) atoms. The minimum Gasteiger partial charge on any atom is -0.383 e. The molecule has 0 aliphatic carbocycles. The van der Waals surface area contributed by atoms with Gasteiger partial charge in [-0.05, 0) is 24.3 Å². The van der Waals surface area contributed by atoms with E-state index in [1.165, 1.54) is 18.2 Å². The first kappa shape index (κ1) is 14.3. The van der Waals surface area contributed by atoms with Crippen LogP contribution in [0.5, 0.6) is 0 Å². The number of rotatable bonds is 1. The van der Waals surface area contributed by atoms with Crippen molar-refractivity contribution >= 4 is 51.5 Å². The number of fused-ring (bicyclic) bond motifs is 1. The van der Waals surface area contributed by atoms with E-state index in [0.717, 1.165) is 0 Å². The summed E-state index contributed by atoms with van der Waals surface area (Å²) < 4.78 is 14.1. The first-order valence-electron chi connectivity index (χ1n) is 5.84. The standard InChI is InChI=1S/C14H7Cl3FN3/c15-6-4-8-12(10(17)5-6)20-14(21-13(8)19)7-2-1-3-9(16)11(7)18/h1-5H,(H2,19,20,21). The zero-order valence-corrected chi connectivity index (χ0v) is 12.6. The number of nitrogens with zero attached hydrogens (tertiary/aromatic N) is 2. The molecule has 3 nitrogen and oxygen atoms in total. The lowest BCUT2D eigenvalue weighted by Crippen LogP contribution is -2.00. The summed E-state index contributed by atoms with van der Waals surface area (Å²) in [4.78, 5) is 8.38. The van der Waals surface area contributed by atoms with Crippen LogP contribution in [0.2, 0.25) is 15.1 Å². The fourth-order valence-electron chi connectivity index (χ4n) is 1.98. The average Bonchev–Trinajstić information content (AvgIpc) is 2.43. The highest BCUT2D eigenvalue weighted by atomic mass is 35.5. The summed E-state index contributed by atoms with van der Waals surface area (Å²) in [6.45, 7) is 0. The molecule has 0 saturated carbocycles. The Bertz CT molecular complexity index is 868. The van der Waals surface area contributed by atoms with Crippen molar-refractivity contribution in [3.05, 3.63) is 51.2 Å². The van der Waals surface area contributed by atoms with E-state index in [1.54, 1.807) is 12.1 Å². The normalized spacial score (nSPS) is 11.0. The Morgan fingerprint density at radius 2 is 1.76 bits per heavy atom. The maximum Gasteiger partial charge on any atom is 0.165 e. The van der Waals surface area contributed by atoms with E-state index in [9.17, 15) is 4.39 Å². The Hall–Kier alpha value is -1.62. The second kappa shape index (κ2) is 5.30. The molecule has 0 bridgehead atoms. The van der Waals surface area contributed by atoms with Gasteiger partial charge in [0, 0.05) is 10.4 Å². The summed E-state index contributed by atoms with van der Waals surface area (Å²) in [5.74, 6) is -0.328. The van der Waals surface area contributed by atoms with Gasteiger partial charge in [-0.3, -0.25) is 0 Å². The lowest BCUT2D eigenvalue weighted by atomic mass is 10.1. The van der Waals surface area contributed by atoms with Crippen LogP contribution in [-0.4, -0.2) is 9.97 Å². The molecule has 0 aliphatic heterocycles. The monoisotopic (exact) mass is 341 g/mol. The summed E-state index contributed by atoms with van der Waals surface area (Å²) in [5, 5.41) is 1.23. The van der Waals surface area contributed by atoms with Gasteiger partial charge in [-0.2, -0.15) is 0 Å². The van der Waals surface area contributed by atoms with E-state index in [1.807, 2.05) is 0 Å². The molecule has 0 saturated heterocycles. The molecule has 0 spiro atoms. The quantitative estimate of drug-likeness (QED) is 0.678. The first-order chi connectivity index (χ1) is 9.97. The molecule has 106 valence electrons. The molecule has 1 aromatic heterocycles. The Morgan fingerprint density at radius 3 is 2.52 bits per heavy atom. The second-order valence-electron chi connectivity index (χ2n) is 4.32. The summed E-state index contributed by atoms with van der Waals surface area (Å²) in [6, 6.07) is 7.71. The van der Waals surface area contributed by atoms with Crippen molar-refractivity contribution in [2.75, 3.05) is 5.73 Å². The van der Waals surface area contributed by atoms with Crippen molar-refractivity contribution in [2.24, 2.45) is 0 Å². The summed E-state index contributed by atoms with van der Waals surface area (Å²) in [5.41, 5.74) is 6.46. The Labute approximate surface area is 134 Å². The van der Waals surface area contributed by atoms with E-state index < -0.39 is 5.82 Å². The summed E-state index contributed by atoms with van der Waals surface area (Å²) >= 11 is 17.8. The highest BCUT2D eigenvalue weighted by Crippen LogP contribution is 2.32. The molecule has 2 N–H and O–H groups in total. The number of aromatic nitrogens is 2. The van der Waals surface area contributed by atoms with Crippen LogP contribution in [0.15, 0.2) is 30.3 Å². The van der Waals surface area contributed by atoms with E-state index in [2.05, 4.69) is 9.97 Å². The van der Waals surface area contributed by atoms with Gasteiger partial charge in [0.05, 0.1) is 21.1 Å². The molecular formula is C14H7Cl3FN3. The first-order valence-corrected chi connectivity index (χ1v) is 6.97. The van der Waals surface area contributed by atoms with Crippen molar-refractivity contribution in [3.63, 3.8) is 0 Å². The van der Waals surface area contributed by atoms with Crippen LogP contribution in [0.3, 0.4) is 0 Å². The van der Waals surface area contributed by atoms with Crippen LogP contribution in [0.4, 0.5) is 10.2 Å². The number of nitrogen functional groups attached to an aromatic ring is 1. The van der Waals surface area contributed by atoms with Gasteiger partial charge >= 0.3 is 0 Å². The predicted octanol–water partition coefficient (Wildman–Crippen LogP) is 4.98. The van der Waals surface area contributed by atoms with Gasteiger partial charge in [0.25, 0.3) is 0 Å².